The van der Waals surface area contributed by atoms with Crippen molar-refractivity contribution in [2.45, 2.75) is 45.6 Å². The molecule has 106 valence electrons. The Morgan fingerprint density at radius 2 is 1.83 bits per heavy atom. The molecule has 4 nitrogen and oxygen atoms in total. The van der Waals surface area contributed by atoms with Crippen LogP contribution in [0.25, 0.3) is 0 Å². The molecule has 0 radical (unpaired) electrons. The van der Waals surface area contributed by atoms with Gasteiger partial charge >= 0.3 is 5.97 Å². The third kappa shape index (κ3) is 9.38. The highest BCUT2D eigenvalue weighted by Crippen LogP contribution is 2.05. The minimum absolute atomic E-state index is 0.0644. The van der Waals surface area contributed by atoms with Gasteiger partial charge in [-0.15, -0.1) is 0 Å². The van der Waals surface area contributed by atoms with Crippen LogP contribution in [0.1, 0.15) is 27.2 Å². The van der Waals surface area contributed by atoms with E-state index in [1.807, 2.05) is 13.8 Å². The zero-order valence-corrected chi connectivity index (χ0v) is 13.3. The van der Waals surface area contributed by atoms with Crippen LogP contribution in [-0.2, 0) is 19.0 Å². The monoisotopic (exact) mass is 274 g/mol. The largest absolute Gasteiger partial charge is 0.463 e. The molecule has 0 atom stereocenters. The fourth-order valence-corrected chi connectivity index (χ4v) is 2.79. The molecule has 0 saturated heterocycles. The maximum Gasteiger partial charge on any atom is 0.333 e. The van der Waals surface area contributed by atoms with Crippen LogP contribution in [0.2, 0.25) is 12.1 Å². The highest BCUT2D eigenvalue weighted by atomic mass is 28.2. The molecule has 0 fully saturated rings. The highest BCUT2D eigenvalue weighted by Gasteiger charge is 2.07. The predicted octanol–water partition coefficient (Wildman–Crippen LogP) is 1.90. The summed E-state index contributed by atoms with van der Waals surface area (Å²) in [6.45, 7) is 11.0. The molecule has 0 unspecified atom stereocenters. The van der Waals surface area contributed by atoms with Gasteiger partial charge in [-0.1, -0.05) is 12.6 Å². The summed E-state index contributed by atoms with van der Waals surface area (Å²) in [7, 11) is -0.200. The number of esters is 1. The van der Waals surface area contributed by atoms with E-state index in [1.165, 1.54) is 0 Å². The van der Waals surface area contributed by atoms with Crippen LogP contribution in [0.15, 0.2) is 12.2 Å². The number of carbonyl (C=O) groups is 1. The molecule has 18 heavy (non-hydrogen) atoms. The van der Waals surface area contributed by atoms with E-state index >= 15 is 0 Å². The Balaban J connectivity index is 3.48. The topological polar surface area (TPSA) is 44.8 Å². The maximum atomic E-state index is 11.1. The van der Waals surface area contributed by atoms with Crippen molar-refractivity contribution in [1.82, 2.24) is 0 Å². The van der Waals surface area contributed by atoms with Gasteiger partial charge < -0.3 is 14.2 Å². The molecule has 0 spiro atoms. The van der Waals surface area contributed by atoms with Crippen LogP contribution in [0.4, 0.5) is 0 Å². The van der Waals surface area contributed by atoms with Gasteiger partial charge in [0.25, 0.3) is 0 Å². The molecule has 0 aliphatic carbocycles. The van der Waals surface area contributed by atoms with Crippen molar-refractivity contribution >= 4 is 15.5 Å². The number of carbonyl (C=O) groups excluding carboxylic acids is 1. The summed E-state index contributed by atoms with van der Waals surface area (Å²) in [5, 5.41) is 0. The van der Waals surface area contributed by atoms with Crippen molar-refractivity contribution in [3.8, 4) is 0 Å². The first-order valence-electron chi connectivity index (χ1n) is 6.67. The van der Waals surface area contributed by atoms with Gasteiger partial charge in [-0.05, 0) is 33.2 Å². The predicted molar refractivity (Wildman–Crippen MR) is 75.6 cm³/mol. The molecular weight excluding hydrogens is 248 g/mol. The van der Waals surface area contributed by atoms with Crippen LogP contribution in [0, 0.1) is 0 Å². The Hall–Kier alpha value is -0.653. The van der Waals surface area contributed by atoms with E-state index in [-0.39, 0.29) is 21.8 Å². The molecule has 0 N–H and O–H groups in total. The van der Waals surface area contributed by atoms with E-state index in [2.05, 4.69) is 6.58 Å². The molecular formula is C13H26O4Si. The van der Waals surface area contributed by atoms with E-state index in [0.717, 1.165) is 18.5 Å². The Bertz CT molecular complexity index is 237. The van der Waals surface area contributed by atoms with E-state index in [9.17, 15) is 4.79 Å². The molecule has 0 saturated carbocycles. The molecule has 0 rings (SSSR count). The standard InChI is InChI=1S/C13H26O4Si/c1-5-15-12(16-6-2)7-9-18-10-8-17-13(14)11(3)4/h12H,3,5-10,18H2,1-2,4H3. The maximum absolute atomic E-state index is 11.1. The first-order valence-corrected chi connectivity index (χ1v) is 8.67. The van der Waals surface area contributed by atoms with E-state index < -0.39 is 0 Å². The van der Waals surface area contributed by atoms with Gasteiger partial charge in [0.2, 0.25) is 0 Å². The lowest BCUT2D eigenvalue weighted by molar-refractivity contribution is -0.138. The van der Waals surface area contributed by atoms with Crippen LogP contribution >= 0.6 is 0 Å². The van der Waals surface area contributed by atoms with Crippen molar-refractivity contribution < 1.29 is 19.0 Å². The van der Waals surface area contributed by atoms with Gasteiger partial charge in [-0.25, -0.2) is 4.79 Å². The number of hydrogen-bond acceptors (Lipinski definition) is 4. The number of hydrogen-bond donors (Lipinski definition) is 0. The third-order valence-electron chi connectivity index (χ3n) is 2.37. The summed E-state index contributed by atoms with van der Waals surface area (Å²) in [4.78, 5) is 11.1. The second-order valence-electron chi connectivity index (χ2n) is 4.11. The summed E-state index contributed by atoms with van der Waals surface area (Å²) in [6, 6.07) is 2.15. The SMILES string of the molecule is C=C(C)C(=O)OCC[SiH2]CCC(OCC)OCC. The highest BCUT2D eigenvalue weighted by molar-refractivity contribution is 6.35. The van der Waals surface area contributed by atoms with Crippen molar-refractivity contribution in [2.75, 3.05) is 19.8 Å². The summed E-state index contributed by atoms with van der Waals surface area (Å²) in [6.07, 6.45) is 0.882. The van der Waals surface area contributed by atoms with Gasteiger partial charge in [0, 0.05) is 28.3 Å². The van der Waals surface area contributed by atoms with Crippen LogP contribution in [0.5, 0.6) is 0 Å². The fourth-order valence-electron chi connectivity index (χ4n) is 1.46. The van der Waals surface area contributed by atoms with Crippen molar-refractivity contribution in [3.63, 3.8) is 0 Å². The Kier molecular flexibility index (Phi) is 11.0. The molecule has 5 heteroatoms. The molecule has 0 bridgehead atoms. The molecule has 0 aromatic heterocycles. The summed E-state index contributed by atoms with van der Waals surface area (Å²) < 4.78 is 16.0. The molecule has 0 aliphatic heterocycles. The van der Waals surface area contributed by atoms with E-state index in [4.69, 9.17) is 14.2 Å². The van der Waals surface area contributed by atoms with Crippen molar-refractivity contribution in [1.29, 1.82) is 0 Å². The second-order valence-corrected chi connectivity index (χ2v) is 6.23. The van der Waals surface area contributed by atoms with Gasteiger partial charge in [0.15, 0.2) is 6.29 Å². The zero-order valence-electron chi connectivity index (χ0n) is 11.9. The molecule has 0 heterocycles. The van der Waals surface area contributed by atoms with Gasteiger partial charge in [-0.2, -0.15) is 0 Å². The summed E-state index contributed by atoms with van der Waals surface area (Å²) >= 11 is 0. The molecule has 0 amide bonds. The molecule has 0 aliphatic rings. The van der Waals surface area contributed by atoms with Gasteiger partial charge in [0.05, 0.1) is 6.61 Å². The first-order chi connectivity index (χ1) is 8.61. The lowest BCUT2D eigenvalue weighted by Crippen LogP contribution is -2.18. The summed E-state index contributed by atoms with van der Waals surface area (Å²) in [5.74, 6) is -0.287. The lowest BCUT2D eigenvalue weighted by atomic mass is 10.4. The minimum Gasteiger partial charge on any atom is -0.463 e. The van der Waals surface area contributed by atoms with Crippen LogP contribution in [0.3, 0.4) is 0 Å². The molecule has 0 aromatic carbocycles. The van der Waals surface area contributed by atoms with Crippen LogP contribution < -0.4 is 0 Å². The van der Waals surface area contributed by atoms with E-state index in [0.29, 0.717) is 25.4 Å². The Morgan fingerprint density at radius 3 is 2.33 bits per heavy atom. The van der Waals surface area contributed by atoms with Crippen molar-refractivity contribution in [3.05, 3.63) is 12.2 Å². The summed E-state index contributed by atoms with van der Waals surface area (Å²) in [5.41, 5.74) is 0.462. The minimum atomic E-state index is -0.287. The fraction of sp³-hybridized carbons (Fsp3) is 0.769. The average Bonchev–Trinajstić information content (AvgIpc) is 2.33. The quantitative estimate of drug-likeness (QED) is 0.190. The lowest BCUT2D eigenvalue weighted by Gasteiger charge is -2.16. The Morgan fingerprint density at radius 1 is 1.22 bits per heavy atom. The third-order valence-corrected chi connectivity index (χ3v) is 4.07. The number of rotatable bonds is 11. The first kappa shape index (κ1) is 17.3. The van der Waals surface area contributed by atoms with Gasteiger partial charge in [0.1, 0.15) is 0 Å². The number of ether oxygens (including phenoxy) is 3. The normalized spacial score (nSPS) is 11.3. The van der Waals surface area contributed by atoms with Crippen molar-refractivity contribution in [2.24, 2.45) is 0 Å². The van der Waals surface area contributed by atoms with E-state index in [1.54, 1.807) is 6.92 Å². The Labute approximate surface area is 113 Å². The zero-order chi connectivity index (χ0) is 13.8. The van der Waals surface area contributed by atoms with Gasteiger partial charge in [-0.3, -0.25) is 0 Å². The van der Waals surface area contributed by atoms with Crippen LogP contribution in [-0.4, -0.2) is 41.6 Å². The smallest absolute Gasteiger partial charge is 0.333 e. The molecule has 0 aromatic rings. The average molecular weight is 274 g/mol. The second kappa shape index (κ2) is 11.4.